The smallest absolute Gasteiger partial charge is 0.331 e. The Balaban J connectivity index is 4.70. The lowest BCUT2D eigenvalue weighted by Gasteiger charge is -2.30. The van der Waals surface area contributed by atoms with Crippen molar-refractivity contribution in [3.8, 4) is 0 Å². The maximum absolute atomic E-state index is 12.0. The predicted octanol–water partition coefficient (Wildman–Crippen LogP) is 5.06. The van der Waals surface area contributed by atoms with Crippen molar-refractivity contribution in [2.75, 3.05) is 0 Å². The van der Waals surface area contributed by atoms with Gasteiger partial charge in [-0.2, -0.15) is 0 Å². The fourth-order valence-electron chi connectivity index (χ4n) is 2.36. The van der Waals surface area contributed by atoms with Crippen molar-refractivity contribution in [1.29, 1.82) is 0 Å². The molecule has 0 aliphatic heterocycles. The van der Waals surface area contributed by atoms with Crippen LogP contribution in [-0.4, -0.2) is 24.1 Å². The second-order valence-corrected chi connectivity index (χ2v) is 8.49. The van der Waals surface area contributed by atoms with Gasteiger partial charge in [0.05, 0.1) is 0 Å². The molecule has 0 aromatic carbocycles. The third-order valence-electron chi connectivity index (χ3n) is 3.91. The average molecular weight is 341 g/mol. The van der Waals surface area contributed by atoms with E-state index in [1.54, 1.807) is 0 Å². The first-order valence-corrected chi connectivity index (χ1v) is 9.01. The molecule has 0 rings (SSSR count). The largest absolute Gasteiger partial charge is 0.459 e. The van der Waals surface area contributed by atoms with Crippen LogP contribution in [0.5, 0.6) is 0 Å². The van der Waals surface area contributed by atoms with Crippen LogP contribution in [0.4, 0.5) is 0 Å². The topological polar surface area (TPSA) is 52.6 Å². The van der Waals surface area contributed by atoms with Crippen molar-refractivity contribution < 1.29 is 19.1 Å². The Morgan fingerprint density at radius 2 is 1.04 bits per heavy atom. The maximum atomic E-state index is 12.0. The van der Waals surface area contributed by atoms with Crippen LogP contribution in [0, 0.1) is 10.8 Å². The van der Waals surface area contributed by atoms with Crippen molar-refractivity contribution in [3.63, 3.8) is 0 Å². The molecule has 2 unspecified atom stereocenters. The van der Waals surface area contributed by atoms with E-state index in [1.165, 1.54) is 12.2 Å². The molecule has 140 valence electrons. The molecule has 0 aromatic rings. The van der Waals surface area contributed by atoms with E-state index >= 15 is 0 Å². The summed E-state index contributed by atoms with van der Waals surface area (Å²) in [6.07, 6.45) is 5.48. The Bertz CT molecular complexity index is 384. The monoisotopic (exact) mass is 340 g/mol. The van der Waals surface area contributed by atoms with Gasteiger partial charge in [0, 0.05) is 12.2 Å². The van der Waals surface area contributed by atoms with Crippen LogP contribution in [0.3, 0.4) is 0 Å². The van der Waals surface area contributed by atoms with Gasteiger partial charge in [0.15, 0.2) is 0 Å². The summed E-state index contributed by atoms with van der Waals surface area (Å²) in [6.45, 7) is 16.3. The molecule has 0 N–H and O–H groups in total. The van der Waals surface area contributed by atoms with Crippen LogP contribution in [0.2, 0.25) is 0 Å². The third kappa shape index (κ3) is 9.09. The number of esters is 2. The van der Waals surface area contributed by atoms with Gasteiger partial charge < -0.3 is 9.47 Å². The quantitative estimate of drug-likeness (QED) is 0.458. The van der Waals surface area contributed by atoms with Crippen LogP contribution in [0.15, 0.2) is 12.2 Å². The van der Waals surface area contributed by atoms with E-state index in [0.29, 0.717) is 0 Å². The second kappa shape index (κ2) is 9.85. The highest BCUT2D eigenvalue weighted by Gasteiger charge is 2.28. The molecule has 24 heavy (non-hydrogen) atoms. The van der Waals surface area contributed by atoms with Crippen molar-refractivity contribution in [3.05, 3.63) is 12.2 Å². The zero-order chi connectivity index (χ0) is 19.0. The predicted molar refractivity (Wildman–Crippen MR) is 97.6 cm³/mol. The van der Waals surface area contributed by atoms with Gasteiger partial charge >= 0.3 is 11.9 Å². The summed E-state index contributed by atoms with van der Waals surface area (Å²) in [6, 6.07) is 0. The van der Waals surface area contributed by atoms with Crippen molar-refractivity contribution in [2.24, 2.45) is 10.8 Å². The van der Waals surface area contributed by atoms with Gasteiger partial charge in [-0.05, 0) is 23.7 Å². The van der Waals surface area contributed by atoms with Gasteiger partial charge in [0.2, 0.25) is 0 Å². The molecule has 0 aliphatic carbocycles. The van der Waals surface area contributed by atoms with Crippen LogP contribution < -0.4 is 0 Å². The summed E-state index contributed by atoms with van der Waals surface area (Å²) in [4.78, 5) is 23.9. The molecule has 0 saturated carbocycles. The van der Waals surface area contributed by atoms with Crippen LogP contribution in [0.1, 0.15) is 81.1 Å². The first-order valence-electron chi connectivity index (χ1n) is 9.01. The Morgan fingerprint density at radius 1 is 0.750 bits per heavy atom. The highest BCUT2D eigenvalue weighted by molar-refractivity contribution is 5.91. The molecule has 0 saturated heterocycles. The van der Waals surface area contributed by atoms with Crippen LogP contribution in [-0.2, 0) is 19.1 Å². The number of ether oxygens (including phenoxy) is 2. The molecule has 0 aromatic heterocycles. The van der Waals surface area contributed by atoms with Gasteiger partial charge in [0.25, 0.3) is 0 Å². The summed E-state index contributed by atoms with van der Waals surface area (Å²) in [5.41, 5.74) is -0.253. The fourth-order valence-corrected chi connectivity index (χ4v) is 2.36. The number of hydrogen-bond donors (Lipinski definition) is 0. The Labute approximate surface area is 148 Å². The average Bonchev–Trinajstić information content (AvgIpc) is 2.42. The lowest BCUT2D eigenvalue weighted by molar-refractivity contribution is -0.151. The molecule has 0 fully saturated rings. The summed E-state index contributed by atoms with van der Waals surface area (Å²) < 4.78 is 11.0. The Kier molecular flexibility index (Phi) is 9.31. The normalized spacial score (nSPS) is 15.2. The van der Waals surface area contributed by atoms with Crippen LogP contribution in [0.25, 0.3) is 0 Å². The lowest BCUT2D eigenvalue weighted by atomic mass is 9.86. The maximum Gasteiger partial charge on any atom is 0.331 e. The molecular weight excluding hydrogens is 304 g/mol. The summed E-state index contributed by atoms with van der Waals surface area (Å²) in [5, 5.41) is 0. The van der Waals surface area contributed by atoms with E-state index in [0.717, 1.165) is 25.7 Å². The first-order chi connectivity index (χ1) is 10.9. The minimum absolute atomic E-state index is 0.127. The minimum Gasteiger partial charge on any atom is -0.459 e. The fraction of sp³-hybridized carbons (Fsp3) is 0.800. The molecule has 0 spiro atoms. The Morgan fingerprint density at radius 3 is 1.25 bits per heavy atom. The zero-order valence-corrected chi connectivity index (χ0v) is 16.8. The molecule has 0 bridgehead atoms. The van der Waals surface area contributed by atoms with E-state index in [4.69, 9.17) is 9.47 Å². The highest BCUT2D eigenvalue weighted by atomic mass is 16.5. The molecule has 4 heteroatoms. The number of hydrogen-bond acceptors (Lipinski definition) is 4. The second-order valence-electron chi connectivity index (χ2n) is 8.49. The van der Waals surface area contributed by atoms with Crippen molar-refractivity contribution in [2.45, 2.75) is 93.3 Å². The van der Waals surface area contributed by atoms with E-state index in [1.807, 2.05) is 41.5 Å². The van der Waals surface area contributed by atoms with E-state index < -0.39 is 11.9 Å². The Hall–Kier alpha value is -1.32. The number of carbonyl (C=O) groups is 2. The van der Waals surface area contributed by atoms with E-state index in [9.17, 15) is 9.59 Å². The van der Waals surface area contributed by atoms with Crippen molar-refractivity contribution in [1.82, 2.24) is 0 Å². The SMILES string of the molecule is CCCC(OC(=O)/C=C/C(=O)OC(CCC)C(C)(C)C)C(C)(C)C. The van der Waals surface area contributed by atoms with Gasteiger partial charge in [-0.15, -0.1) is 0 Å². The molecule has 0 aliphatic rings. The van der Waals surface area contributed by atoms with Crippen molar-refractivity contribution >= 4 is 11.9 Å². The molecule has 0 amide bonds. The van der Waals surface area contributed by atoms with Gasteiger partial charge in [-0.1, -0.05) is 68.2 Å². The highest BCUT2D eigenvalue weighted by Crippen LogP contribution is 2.27. The molecular formula is C20H36O4. The van der Waals surface area contributed by atoms with E-state index in [2.05, 4.69) is 13.8 Å². The van der Waals surface area contributed by atoms with Crippen LogP contribution >= 0.6 is 0 Å². The van der Waals surface area contributed by atoms with Gasteiger partial charge in [-0.3, -0.25) is 0 Å². The standard InChI is InChI=1S/C20H36O4/c1-9-11-15(19(3,4)5)23-17(21)13-14-18(22)24-16(12-10-2)20(6,7)8/h13-16H,9-12H2,1-8H3/b14-13+. The summed E-state index contributed by atoms with van der Waals surface area (Å²) in [7, 11) is 0. The van der Waals surface area contributed by atoms with E-state index in [-0.39, 0.29) is 23.0 Å². The summed E-state index contributed by atoms with van der Waals surface area (Å²) in [5.74, 6) is -0.994. The summed E-state index contributed by atoms with van der Waals surface area (Å²) >= 11 is 0. The van der Waals surface area contributed by atoms with Gasteiger partial charge in [-0.25, -0.2) is 9.59 Å². The number of rotatable bonds is 8. The molecule has 0 heterocycles. The third-order valence-corrected chi connectivity index (χ3v) is 3.91. The minimum atomic E-state index is -0.497. The molecule has 4 nitrogen and oxygen atoms in total. The van der Waals surface area contributed by atoms with Gasteiger partial charge in [0.1, 0.15) is 12.2 Å². The molecule has 0 radical (unpaired) electrons. The first kappa shape index (κ1) is 22.7. The lowest BCUT2D eigenvalue weighted by Crippen LogP contribution is -2.32. The number of carbonyl (C=O) groups excluding carboxylic acids is 2. The molecule has 2 atom stereocenters. The zero-order valence-electron chi connectivity index (χ0n) is 16.8.